The second-order valence-corrected chi connectivity index (χ2v) is 7.55. The molecule has 4 rings (SSSR count). The van der Waals surface area contributed by atoms with Crippen LogP contribution in [0.4, 0.5) is 0 Å². The molecule has 0 aromatic carbocycles. The van der Waals surface area contributed by atoms with Gasteiger partial charge in [-0.1, -0.05) is 13.3 Å². The molecule has 6 nitrogen and oxygen atoms in total. The lowest BCUT2D eigenvalue weighted by molar-refractivity contribution is -0.0612. The van der Waals surface area contributed by atoms with Gasteiger partial charge in [-0.15, -0.1) is 0 Å². The molecule has 1 aliphatic heterocycles. The molecule has 3 atom stereocenters. The molecule has 0 amide bonds. The molecule has 1 saturated carbocycles. The topological polar surface area (TPSA) is 66.5 Å². The molecule has 1 N–H and O–H groups in total. The summed E-state index contributed by atoms with van der Waals surface area (Å²) in [5.41, 5.74) is 0.786. The highest BCUT2D eigenvalue weighted by atomic mass is 16.3. The number of rotatable bonds is 5. The Kier molecular flexibility index (Phi) is 4.26. The monoisotopic (exact) mass is 329 g/mol. The summed E-state index contributed by atoms with van der Waals surface area (Å²) < 4.78 is 1.74. The zero-order chi connectivity index (χ0) is 16.6. The lowest BCUT2D eigenvalue weighted by Gasteiger charge is -2.40. The van der Waals surface area contributed by atoms with Crippen LogP contribution in [-0.4, -0.2) is 54.8 Å². The largest absolute Gasteiger partial charge is 0.390 e. The highest BCUT2D eigenvalue weighted by Crippen LogP contribution is 2.44. The zero-order valence-corrected chi connectivity index (χ0v) is 14.4. The maximum Gasteiger partial charge on any atom is 0.252 e. The van der Waals surface area contributed by atoms with E-state index in [-0.39, 0.29) is 0 Å². The van der Waals surface area contributed by atoms with Crippen LogP contribution in [0.15, 0.2) is 18.7 Å². The van der Waals surface area contributed by atoms with Crippen molar-refractivity contribution in [2.45, 2.75) is 51.0 Å². The number of hydrogen-bond acceptors (Lipinski definition) is 5. The van der Waals surface area contributed by atoms with Gasteiger partial charge in [0.15, 0.2) is 0 Å². The van der Waals surface area contributed by atoms with Crippen molar-refractivity contribution in [1.82, 2.24) is 24.5 Å². The first-order valence-electron chi connectivity index (χ1n) is 9.27. The summed E-state index contributed by atoms with van der Waals surface area (Å²) in [4.78, 5) is 11.0. The first-order valence-corrected chi connectivity index (χ1v) is 9.27. The van der Waals surface area contributed by atoms with Crippen molar-refractivity contribution in [2.75, 3.05) is 19.6 Å². The minimum Gasteiger partial charge on any atom is -0.390 e. The summed E-state index contributed by atoms with van der Waals surface area (Å²) >= 11 is 0. The van der Waals surface area contributed by atoms with E-state index in [2.05, 4.69) is 26.9 Å². The Balaban J connectivity index is 1.32. The second-order valence-electron chi connectivity index (χ2n) is 7.55. The average molecular weight is 329 g/mol. The third-order valence-electron chi connectivity index (χ3n) is 6.13. The van der Waals surface area contributed by atoms with Crippen LogP contribution < -0.4 is 0 Å². The molecule has 6 heteroatoms. The number of likely N-dealkylation sites (tertiary alicyclic amines) is 1. The first-order chi connectivity index (χ1) is 11.7. The predicted molar refractivity (Wildman–Crippen MR) is 91.6 cm³/mol. The highest BCUT2D eigenvalue weighted by Gasteiger charge is 2.47. The Bertz CT molecular complexity index is 702. The molecule has 0 radical (unpaired) electrons. The molecule has 24 heavy (non-hydrogen) atoms. The molecule has 130 valence electrons. The van der Waals surface area contributed by atoms with Crippen LogP contribution in [0.2, 0.25) is 0 Å². The Hall–Kier alpha value is -1.53. The van der Waals surface area contributed by atoms with Crippen LogP contribution >= 0.6 is 0 Å². The summed E-state index contributed by atoms with van der Waals surface area (Å²) in [6.45, 7) is 5.46. The molecule has 2 aromatic rings. The normalized spacial score (nSPS) is 30.8. The van der Waals surface area contributed by atoms with Gasteiger partial charge in [-0.3, -0.25) is 0 Å². The average Bonchev–Trinajstić information content (AvgIpc) is 3.21. The molecular weight excluding hydrogens is 302 g/mol. The second kappa shape index (κ2) is 6.41. The Morgan fingerprint density at radius 2 is 2.25 bits per heavy atom. The van der Waals surface area contributed by atoms with E-state index >= 15 is 0 Å². The van der Waals surface area contributed by atoms with Gasteiger partial charge in [0.05, 0.1) is 5.60 Å². The Morgan fingerprint density at radius 1 is 1.33 bits per heavy atom. The lowest BCUT2D eigenvalue weighted by Crippen LogP contribution is -2.44. The Labute approximate surface area is 142 Å². The molecule has 1 saturated heterocycles. The molecule has 2 aliphatic rings. The van der Waals surface area contributed by atoms with Gasteiger partial charge in [0.1, 0.15) is 6.33 Å². The minimum absolute atomic E-state index is 0.417. The van der Waals surface area contributed by atoms with Crippen LogP contribution in [-0.2, 0) is 6.42 Å². The summed E-state index contributed by atoms with van der Waals surface area (Å²) in [7, 11) is 0. The fourth-order valence-electron chi connectivity index (χ4n) is 4.73. The lowest BCUT2D eigenvalue weighted by atomic mass is 9.69. The van der Waals surface area contributed by atoms with Crippen molar-refractivity contribution in [3.8, 4) is 0 Å². The van der Waals surface area contributed by atoms with Gasteiger partial charge in [0.25, 0.3) is 5.78 Å². The van der Waals surface area contributed by atoms with Gasteiger partial charge in [-0.05, 0) is 50.1 Å². The smallest absolute Gasteiger partial charge is 0.252 e. The van der Waals surface area contributed by atoms with Gasteiger partial charge in [-0.25, -0.2) is 9.50 Å². The molecule has 1 aliphatic carbocycles. The number of aromatic nitrogens is 4. The van der Waals surface area contributed by atoms with E-state index in [0.717, 1.165) is 45.3 Å². The zero-order valence-electron chi connectivity index (χ0n) is 14.4. The van der Waals surface area contributed by atoms with Gasteiger partial charge in [0, 0.05) is 31.4 Å². The summed E-state index contributed by atoms with van der Waals surface area (Å²) in [6, 6.07) is 0. The summed E-state index contributed by atoms with van der Waals surface area (Å²) in [5.74, 6) is 1.82. The fraction of sp³-hybridized carbons (Fsp3) is 0.722. The predicted octanol–water partition coefficient (Wildman–Crippen LogP) is 1.93. The van der Waals surface area contributed by atoms with Crippen LogP contribution in [0.1, 0.15) is 44.6 Å². The maximum atomic E-state index is 10.9. The van der Waals surface area contributed by atoms with Crippen molar-refractivity contribution in [2.24, 2.45) is 11.8 Å². The highest BCUT2D eigenvalue weighted by molar-refractivity contribution is 5.25. The maximum absolute atomic E-state index is 10.9. The van der Waals surface area contributed by atoms with Crippen LogP contribution in [0, 0.1) is 11.8 Å². The fourth-order valence-corrected chi connectivity index (χ4v) is 4.73. The van der Waals surface area contributed by atoms with E-state index in [9.17, 15) is 5.11 Å². The minimum atomic E-state index is -0.417. The summed E-state index contributed by atoms with van der Waals surface area (Å²) in [6.07, 6.45) is 11.9. The first kappa shape index (κ1) is 16.0. The van der Waals surface area contributed by atoms with Crippen LogP contribution in [0.5, 0.6) is 0 Å². The number of aliphatic hydroxyl groups is 1. The van der Waals surface area contributed by atoms with E-state index < -0.39 is 5.60 Å². The van der Waals surface area contributed by atoms with Gasteiger partial charge < -0.3 is 10.0 Å². The van der Waals surface area contributed by atoms with Crippen molar-refractivity contribution in [1.29, 1.82) is 0 Å². The number of hydrogen-bond donors (Lipinski definition) is 1. The molecule has 2 aromatic heterocycles. The van der Waals surface area contributed by atoms with Crippen LogP contribution in [0.3, 0.4) is 0 Å². The SMILES string of the molecule is CC[C@]1(O)CCC[C@H]2CN(CCCc3cnc4ncnn4c3)C[C@H]21. The Morgan fingerprint density at radius 3 is 3.12 bits per heavy atom. The third-order valence-corrected chi connectivity index (χ3v) is 6.13. The van der Waals surface area contributed by atoms with E-state index in [4.69, 9.17) is 0 Å². The number of fused-ring (bicyclic) bond motifs is 2. The van der Waals surface area contributed by atoms with Crippen molar-refractivity contribution in [3.63, 3.8) is 0 Å². The molecule has 3 heterocycles. The van der Waals surface area contributed by atoms with Gasteiger partial charge in [0.2, 0.25) is 0 Å². The quantitative estimate of drug-likeness (QED) is 0.908. The molecule has 0 unspecified atom stereocenters. The van der Waals surface area contributed by atoms with Gasteiger partial charge in [-0.2, -0.15) is 10.1 Å². The van der Waals surface area contributed by atoms with E-state index in [1.165, 1.54) is 24.7 Å². The number of nitrogens with zero attached hydrogens (tertiary/aromatic N) is 5. The van der Waals surface area contributed by atoms with Crippen molar-refractivity contribution >= 4 is 5.78 Å². The van der Waals surface area contributed by atoms with Crippen molar-refractivity contribution < 1.29 is 5.11 Å². The van der Waals surface area contributed by atoms with E-state index in [1.54, 1.807) is 4.52 Å². The molecule has 0 spiro atoms. The van der Waals surface area contributed by atoms with Crippen molar-refractivity contribution in [3.05, 3.63) is 24.3 Å². The van der Waals surface area contributed by atoms with E-state index in [1.807, 2.05) is 12.4 Å². The third kappa shape index (κ3) is 2.93. The van der Waals surface area contributed by atoms with Gasteiger partial charge >= 0.3 is 0 Å². The van der Waals surface area contributed by atoms with Crippen LogP contribution in [0.25, 0.3) is 5.78 Å². The van der Waals surface area contributed by atoms with E-state index in [0.29, 0.717) is 17.6 Å². The molecule has 0 bridgehead atoms. The molecular formula is C18H27N5O. The molecule has 2 fully saturated rings. The summed E-state index contributed by atoms with van der Waals surface area (Å²) in [5, 5.41) is 15.0. The standard InChI is InChI=1S/C18H27N5O/c1-2-18(24)7-3-6-15-11-22(12-16(15)18)8-4-5-14-9-19-17-20-13-21-23(17)10-14/h9-10,13,15-16,24H,2-8,11-12H2,1H3/t15-,16+,18-/m0/s1. The number of aryl methyl sites for hydroxylation is 1.